The van der Waals surface area contributed by atoms with Crippen LogP contribution >= 0.6 is 0 Å². The smallest absolute Gasteiger partial charge is 0.261 e. The van der Waals surface area contributed by atoms with Crippen LogP contribution in [0.5, 0.6) is 0 Å². The van der Waals surface area contributed by atoms with E-state index in [2.05, 4.69) is 16.1 Å². The van der Waals surface area contributed by atoms with E-state index in [1.807, 2.05) is 6.07 Å². The molecule has 2 N–H and O–H groups in total. The molecule has 0 saturated heterocycles. The van der Waals surface area contributed by atoms with Gasteiger partial charge in [0.2, 0.25) is 0 Å². The van der Waals surface area contributed by atoms with Crippen molar-refractivity contribution in [2.75, 3.05) is 10.0 Å². The van der Waals surface area contributed by atoms with E-state index < -0.39 is 15.8 Å². The molecule has 3 aromatic carbocycles. The third kappa shape index (κ3) is 4.18. The summed E-state index contributed by atoms with van der Waals surface area (Å²) in [6.07, 6.45) is 0. The Morgan fingerprint density at radius 3 is 2.15 bits per heavy atom. The second-order valence-electron chi connectivity index (χ2n) is 5.45. The molecule has 0 aliphatic rings. The molecule has 7 heteroatoms. The predicted molar refractivity (Wildman–Crippen MR) is 98.1 cm³/mol. The van der Waals surface area contributed by atoms with Gasteiger partial charge in [-0.25, -0.2) is 12.8 Å². The zero-order valence-electron chi connectivity index (χ0n) is 13.5. The van der Waals surface area contributed by atoms with Crippen LogP contribution in [0.4, 0.5) is 21.5 Å². The Hall–Kier alpha value is -3.37. The van der Waals surface area contributed by atoms with E-state index in [4.69, 9.17) is 5.26 Å². The number of halogens is 1. The molecular formula is C19H14FN3O2S. The molecule has 3 aromatic rings. The van der Waals surface area contributed by atoms with Crippen LogP contribution in [0.1, 0.15) is 5.56 Å². The number of sulfonamides is 1. The average Bonchev–Trinajstić information content (AvgIpc) is 2.64. The van der Waals surface area contributed by atoms with Crippen LogP contribution in [-0.2, 0) is 10.0 Å². The van der Waals surface area contributed by atoms with E-state index in [-0.39, 0.29) is 4.90 Å². The van der Waals surface area contributed by atoms with Gasteiger partial charge in [0.15, 0.2) is 0 Å². The molecule has 0 amide bonds. The second-order valence-corrected chi connectivity index (χ2v) is 7.14. The van der Waals surface area contributed by atoms with Crippen LogP contribution in [0.2, 0.25) is 0 Å². The van der Waals surface area contributed by atoms with Gasteiger partial charge in [0.25, 0.3) is 10.0 Å². The number of rotatable bonds is 5. The SMILES string of the molecule is N#Cc1cccc(Nc2ccc(NS(=O)(=O)c3ccc(F)cc3)cc2)c1. The highest BCUT2D eigenvalue weighted by Crippen LogP contribution is 2.21. The van der Waals surface area contributed by atoms with Crippen molar-refractivity contribution in [3.8, 4) is 6.07 Å². The van der Waals surface area contributed by atoms with Crippen LogP contribution in [0.3, 0.4) is 0 Å². The van der Waals surface area contributed by atoms with Crippen LogP contribution in [0.15, 0.2) is 77.7 Å². The summed E-state index contributed by atoms with van der Waals surface area (Å²) in [7, 11) is -3.78. The minimum Gasteiger partial charge on any atom is -0.355 e. The number of benzene rings is 3. The van der Waals surface area contributed by atoms with E-state index in [9.17, 15) is 12.8 Å². The zero-order chi connectivity index (χ0) is 18.6. The number of nitriles is 1. The topological polar surface area (TPSA) is 82.0 Å². The molecule has 130 valence electrons. The first kappa shape index (κ1) is 17.5. The van der Waals surface area contributed by atoms with E-state index in [0.29, 0.717) is 11.3 Å². The highest BCUT2D eigenvalue weighted by molar-refractivity contribution is 7.92. The van der Waals surface area contributed by atoms with Gasteiger partial charge in [-0.3, -0.25) is 4.72 Å². The molecule has 0 fully saturated rings. The Morgan fingerprint density at radius 2 is 1.50 bits per heavy atom. The molecule has 0 spiro atoms. The minimum atomic E-state index is -3.78. The first-order valence-corrected chi connectivity index (χ1v) is 9.10. The molecule has 0 bridgehead atoms. The number of hydrogen-bond donors (Lipinski definition) is 2. The quantitative estimate of drug-likeness (QED) is 0.707. The number of anilines is 3. The molecule has 26 heavy (non-hydrogen) atoms. The van der Waals surface area contributed by atoms with Crippen LogP contribution in [0, 0.1) is 17.1 Å². The first-order valence-electron chi connectivity index (χ1n) is 7.62. The summed E-state index contributed by atoms with van der Waals surface area (Å²) in [5.41, 5.74) is 2.41. The van der Waals surface area contributed by atoms with Crippen molar-refractivity contribution in [1.29, 1.82) is 5.26 Å². The summed E-state index contributed by atoms with van der Waals surface area (Å²) < 4.78 is 39.9. The van der Waals surface area contributed by atoms with Gasteiger partial charge in [-0.05, 0) is 66.7 Å². The summed E-state index contributed by atoms with van der Waals surface area (Å²) in [6.45, 7) is 0. The zero-order valence-corrected chi connectivity index (χ0v) is 14.3. The molecule has 0 aliphatic heterocycles. The highest BCUT2D eigenvalue weighted by atomic mass is 32.2. The van der Waals surface area contributed by atoms with Crippen LogP contribution < -0.4 is 10.0 Å². The van der Waals surface area contributed by atoms with E-state index in [1.165, 1.54) is 12.1 Å². The van der Waals surface area contributed by atoms with Crippen LogP contribution in [0.25, 0.3) is 0 Å². The molecule has 0 aromatic heterocycles. The molecule has 3 rings (SSSR count). The van der Waals surface area contributed by atoms with Crippen molar-refractivity contribution in [1.82, 2.24) is 0 Å². The lowest BCUT2D eigenvalue weighted by Crippen LogP contribution is -2.12. The molecule has 5 nitrogen and oxygen atoms in total. The predicted octanol–water partition coefficient (Wildman–Crippen LogP) is 4.24. The van der Waals surface area contributed by atoms with Crippen LogP contribution in [-0.4, -0.2) is 8.42 Å². The molecule has 0 atom stereocenters. The number of nitrogens with one attached hydrogen (secondary N) is 2. The maximum absolute atomic E-state index is 12.9. The molecule has 0 saturated carbocycles. The Kier molecular flexibility index (Phi) is 4.87. The fourth-order valence-electron chi connectivity index (χ4n) is 2.28. The fourth-order valence-corrected chi connectivity index (χ4v) is 3.34. The Labute approximate surface area is 150 Å². The summed E-state index contributed by atoms with van der Waals surface area (Å²) in [6, 6.07) is 20.3. The monoisotopic (exact) mass is 367 g/mol. The van der Waals surface area contributed by atoms with Crippen molar-refractivity contribution in [2.24, 2.45) is 0 Å². The lowest BCUT2D eigenvalue weighted by Gasteiger charge is -2.10. The summed E-state index contributed by atoms with van der Waals surface area (Å²) in [4.78, 5) is -0.0191. The maximum Gasteiger partial charge on any atom is 0.261 e. The molecule has 0 radical (unpaired) electrons. The Bertz CT molecular complexity index is 1060. The van der Waals surface area contributed by atoms with Crippen molar-refractivity contribution in [3.05, 3.63) is 84.2 Å². The van der Waals surface area contributed by atoms with Gasteiger partial charge in [-0.15, -0.1) is 0 Å². The molecular weight excluding hydrogens is 353 g/mol. The Balaban J connectivity index is 1.73. The highest BCUT2D eigenvalue weighted by Gasteiger charge is 2.14. The third-order valence-electron chi connectivity index (χ3n) is 3.54. The van der Waals surface area contributed by atoms with Gasteiger partial charge < -0.3 is 5.32 Å². The molecule has 0 unspecified atom stereocenters. The lowest BCUT2D eigenvalue weighted by atomic mass is 10.2. The lowest BCUT2D eigenvalue weighted by molar-refractivity contribution is 0.599. The van der Waals surface area contributed by atoms with E-state index in [1.54, 1.807) is 42.5 Å². The van der Waals surface area contributed by atoms with Crippen molar-refractivity contribution in [3.63, 3.8) is 0 Å². The van der Waals surface area contributed by atoms with Gasteiger partial charge in [0.05, 0.1) is 16.5 Å². The average molecular weight is 367 g/mol. The summed E-state index contributed by atoms with van der Waals surface area (Å²) in [5.74, 6) is -0.500. The Morgan fingerprint density at radius 1 is 0.846 bits per heavy atom. The van der Waals surface area contributed by atoms with Gasteiger partial charge in [0, 0.05) is 17.1 Å². The minimum absolute atomic E-state index is 0.0191. The fraction of sp³-hybridized carbons (Fsp3) is 0. The third-order valence-corrected chi connectivity index (χ3v) is 4.94. The molecule has 0 aliphatic carbocycles. The summed E-state index contributed by atoms with van der Waals surface area (Å²) in [5, 5.41) is 12.1. The normalized spacial score (nSPS) is 10.8. The molecule has 0 heterocycles. The van der Waals surface area contributed by atoms with Gasteiger partial charge in [0.1, 0.15) is 5.82 Å². The number of nitrogens with zero attached hydrogens (tertiary/aromatic N) is 1. The van der Waals surface area contributed by atoms with Crippen molar-refractivity contribution < 1.29 is 12.8 Å². The first-order chi connectivity index (χ1) is 12.5. The standard InChI is InChI=1S/C19H14FN3O2S/c20-15-4-10-19(11-5-15)26(24,25)23-17-8-6-16(7-9-17)22-18-3-1-2-14(12-18)13-21/h1-12,22-23H. The van der Waals surface area contributed by atoms with Gasteiger partial charge in [-0.1, -0.05) is 6.07 Å². The summed E-state index contributed by atoms with van der Waals surface area (Å²) >= 11 is 0. The van der Waals surface area contributed by atoms with Gasteiger partial charge in [-0.2, -0.15) is 5.26 Å². The maximum atomic E-state index is 12.9. The van der Waals surface area contributed by atoms with E-state index >= 15 is 0 Å². The van der Waals surface area contributed by atoms with Crippen molar-refractivity contribution in [2.45, 2.75) is 4.90 Å². The van der Waals surface area contributed by atoms with Crippen molar-refractivity contribution >= 4 is 27.1 Å². The largest absolute Gasteiger partial charge is 0.355 e. The number of hydrogen-bond acceptors (Lipinski definition) is 4. The van der Waals surface area contributed by atoms with Gasteiger partial charge >= 0.3 is 0 Å². The van der Waals surface area contributed by atoms with E-state index in [0.717, 1.165) is 23.5 Å². The second kappa shape index (κ2) is 7.25.